The molecule has 0 saturated carbocycles. The summed E-state index contributed by atoms with van der Waals surface area (Å²) in [7, 11) is 0. The highest BCUT2D eigenvalue weighted by Crippen LogP contribution is 2.26. The summed E-state index contributed by atoms with van der Waals surface area (Å²) in [6.45, 7) is 3.21. The summed E-state index contributed by atoms with van der Waals surface area (Å²) in [5.41, 5.74) is 2.70. The van der Waals surface area contributed by atoms with Gasteiger partial charge in [-0.3, -0.25) is 9.59 Å². The number of anilines is 1. The van der Waals surface area contributed by atoms with E-state index >= 15 is 0 Å². The third kappa shape index (κ3) is 6.69. The number of hydrogen-bond donors (Lipinski definition) is 2. The molecule has 31 heavy (non-hydrogen) atoms. The van der Waals surface area contributed by atoms with Crippen LogP contribution < -0.4 is 15.4 Å². The second-order valence-corrected chi connectivity index (χ2v) is 7.90. The third-order valence-corrected chi connectivity index (χ3v) is 5.27. The van der Waals surface area contributed by atoms with Gasteiger partial charge >= 0.3 is 0 Å². The van der Waals surface area contributed by atoms with E-state index in [4.69, 9.17) is 4.74 Å². The minimum Gasteiger partial charge on any atom is -0.492 e. The summed E-state index contributed by atoms with van der Waals surface area (Å²) in [6.07, 6.45) is 2.04. The van der Waals surface area contributed by atoms with E-state index in [1.54, 1.807) is 42.5 Å². The fourth-order valence-corrected chi connectivity index (χ4v) is 3.37. The van der Waals surface area contributed by atoms with Crippen molar-refractivity contribution in [1.29, 1.82) is 0 Å². The van der Waals surface area contributed by atoms with Gasteiger partial charge in [0.05, 0.1) is 11.1 Å². The molecular formula is C25H25BrN2O3. The highest BCUT2D eigenvalue weighted by Gasteiger charge is 2.11. The van der Waals surface area contributed by atoms with Gasteiger partial charge in [0.1, 0.15) is 5.75 Å². The molecule has 0 radical (unpaired) electrons. The van der Waals surface area contributed by atoms with Gasteiger partial charge in [0.25, 0.3) is 11.8 Å². The van der Waals surface area contributed by atoms with Crippen LogP contribution in [0.5, 0.6) is 5.75 Å². The zero-order valence-corrected chi connectivity index (χ0v) is 18.9. The first-order valence-electron chi connectivity index (χ1n) is 10.2. The van der Waals surface area contributed by atoms with Crippen LogP contribution in [-0.2, 0) is 6.54 Å². The lowest BCUT2D eigenvalue weighted by molar-refractivity contribution is 0.0950. The van der Waals surface area contributed by atoms with Crippen LogP contribution in [0.2, 0.25) is 0 Å². The summed E-state index contributed by atoms with van der Waals surface area (Å²) in [4.78, 5) is 24.9. The van der Waals surface area contributed by atoms with Gasteiger partial charge in [-0.05, 0) is 70.4 Å². The molecule has 0 aliphatic rings. The molecule has 5 nitrogen and oxygen atoms in total. The lowest BCUT2D eigenvalue weighted by Crippen LogP contribution is -2.22. The molecule has 0 heterocycles. The zero-order chi connectivity index (χ0) is 22.1. The normalized spacial score (nSPS) is 10.4. The van der Waals surface area contributed by atoms with Crippen molar-refractivity contribution < 1.29 is 14.3 Å². The lowest BCUT2D eigenvalue weighted by atomic mass is 10.1. The monoisotopic (exact) mass is 480 g/mol. The highest BCUT2D eigenvalue weighted by atomic mass is 79.9. The van der Waals surface area contributed by atoms with Crippen molar-refractivity contribution in [1.82, 2.24) is 5.32 Å². The fourth-order valence-electron chi connectivity index (χ4n) is 2.87. The number of carbonyl (C=O) groups excluding carboxylic acids is 2. The van der Waals surface area contributed by atoms with Crippen molar-refractivity contribution in [3.05, 3.63) is 94.0 Å². The van der Waals surface area contributed by atoms with E-state index in [-0.39, 0.29) is 11.8 Å². The maximum absolute atomic E-state index is 12.6. The molecule has 3 aromatic rings. The Balaban J connectivity index is 1.56. The molecule has 3 aromatic carbocycles. The Morgan fingerprint density at radius 2 is 1.61 bits per heavy atom. The van der Waals surface area contributed by atoms with Crippen molar-refractivity contribution in [2.75, 3.05) is 11.9 Å². The summed E-state index contributed by atoms with van der Waals surface area (Å²) in [5.74, 6) is 0.322. The van der Waals surface area contributed by atoms with Gasteiger partial charge in [-0.1, -0.05) is 43.7 Å². The number of hydrogen-bond acceptors (Lipinski definition) is 3. The first kappa shape index (κ1) is 22.6. The Morgan fingerprint density at radius 1 is 0.903 bits per heavy atom. The Bertz CT molecular complexity index is 1020. The van der Waals surface area contributed by atoms with Crippen molar-refractivity contribution in [2.45, 2.75) is 26.3 Å². The Labute approximate surface area is 191 Å². The summed E-state index contributed by atoms with van der Waals surface area (Å²) >= 11 is 3.46. The van der Waals surface area contributed by atoms with Gasteiger partial charge in [0, 0.05) is 23.4 Å². The van der Waals surface area contributed by atoms with E-state index < -0.39 is 0 Å². The van der Waals surface area contributed by atoms with E-state index in [1.807, 2.05) is 30.3 Å². The van der Waals surface area contributed by atoms with Gasteiger partial charge < -0.3 is 15.4 Å². The number of ether oxygens (including phenoxy) is 1. The summed E-state index contributed by atoms with van der Waals surface area (Å²) in [5, 5.41) is 5.74. The summed E-state index contributed by atoms with van der Waals surface area (Å²) < 4.78 is 6.44. The molecule has 2 amide bonds. The smallest absolute Gasteiger partial charge is 0.255 e. The number of benzene rings is 3. The maximum Gasteiger partial charge on any atom is 0.255 e. The number of carbonyl (C=O) groups is 2. The number of halogens is 1. The molecule has 2 N–H and O–H groups in total. The van der Waals surface area contributed by atoms with E-state index in [1.165, 1.54) is 0 Å². The first-order chi connectivity index (χ1) is 15.1. The molecule has 6 heteroatoms. The van der Waals surface area contributed by atoms with Crippen LogP contribution in [0.4, 0.5) is 5.69 Å². The minimum absolute atomic E-state index is 0.163. The topological polar surface area (TPSA) is 67.4 Å². The fraction of sp³-hybridized carbons (Fsp3) is 0.200. The van der Waals surface area contributed by atoms with Crippen molar-refractivity contribution >= 4 is 33.4 Å². The van der Waals surface area contributed by atoms with Gasteiger partial charge in [-0.15, -0.1) is 0 Å². The summed E-state index contributed by atoms with van der Waals surface area (Å²) in [6, 6.07) is 21.8. The molecule has 0 spiro atoms. The molecule has 0 atom stereocenters. The van der Waals surface area contributed by atoms with Crippen LogP contribution in [0.3, 0.4) is 0 Å². The van der Waals surface area contributed by atoms with Crippen molar-refractivity contribution in [3.63, 3.8) is 0 Å². The molecule has 0 aliphatic heterocycles. The molecular weight excluding hydrogens is 456 g/mol. The standard InChI is InChI=1S/C25H25BrN2O3/c1-2-3-15-31-23-14-11-20(16-22(23)26)25(30)28-21-12-9-19(10-13-21)24(29)27-17-18-7-5-4-6-8-18/h4-14,16H,2-3,15,17H2,1H3,(H,27,29)(H,28,30). The number of rotatable bonds is 9. The van der Waals surface area contributed by atoms with Gasteiger partial charge in [-0.25, -0.2) is 0 Å². The van der Waals surface area contributed by atoms with Crippen LogP contribution in [0, 0.1) is 0 Å². The van der Waals surface area contributed by atoms with E-state index in [0.717, 1.165) is 28.6 Å². The average molecular weight is 481 g/mol. The Morgan fingerprint density at radius 3 is 2.29 bits per heavy atom. The molecule has 0 unspecified atom stereocenters. The second-order valence-electron chi connectivity index (χ2n) is 7.05. The average Bonchev–Trinajstić information content (AvgIpc) is 2.79. The molecule has 160 valence electrons. The number of nitrogens with one attached hydrogen (secondary N) is 2. The molecule has 0 aliphatic carbocycles. The number of amides is 2. The first-order valence-corrected chi connectivity index (χ1v) is 11.0. The molecule has 0 saturated heterocycles. The van der Waals surface area contributed by atoms with Crippen LogP contribution >= 0.6 is 15.9 Å². The van der Waals surface area contributed by atoms with Gasteiger partial charge in [-0.2, -0.15) is 0 Å². The van der Waals surface area contributed by atoms with Crippen LogP contribution in [0.15, 0.2) is 77.3 Å². The van der Waals surface area contributed by atoms with Crippen LogP contribution in [0.25, 0.3) is 0 Å². The van der Waals surface area contributed by atoms with E-state index in [9.17, 15) is 9.59 Å². The Hall–Kier alpha value is -3.12. The minimum atomic E-state index is -0.234. The van der Waals surface area contributed by atoms with Crippen molar-refractivity contribution in [3.8, 4) is 5.75 Å². The highest BCUT2D eigenvalue weighted by molar-refractivity contribution is 9.10. The quantitative estimate of drug-likeness (QED) is 0.379. The van der Waals surface area contributed by atoms with Crippen LogP contribution in [-0.4, -0.2) is 18.4 Å². The SMILES string of the molecule is CCCCOc1ccc(C(=O)Nc2ccc(C(=O)NCc3ccccc3)cc2)cc1Br. The predicted octanol–water partition coefficient (Wildman–Crippen LogP) is 5.81. The molecule has 3 rings (SSSR count). The molecule has 0 bridgehead atoms. The second kappa shape index (κ2) is 11.3. The lowest BCUT2D eigenvalue weighted by Gasteiger charge is -2.10. The Kier molecular flexibility index (Phi) is 8.24. The van der Waals surface area contributed by atoms with Crippen LogP contribution in [0.1, 0.15) is 46.0 Å². The third-order valence-electron chi connectivity index (χ3n) is 4.65. The largest absolute Gasteiger partial charge is 0.492 e. The van der Waals surface area contributed by atoms with Gasteiger partial charge in [0.15, 0.2) is 0 Å². The van der Waals surface area contributed by atoms with E-state index in [0.29, 0.717) is 30.0 Å². The molecule has 0 aromatic heterocycles. The van der Waals surface area contributed by atoms with E-state index in [2.05, 4.69) is 33.5 Å². The van der Waals surface area contributed by atoms with Crippen molar-refractivity contribution in [2.24, 2.45) is 0 Å². The predicted molar refractivity (Wildman–Crippen MR) is 127 cm³/mol. The molecule has 0 fully saturated rings. The number of unbranched alkanes of at least 4 members (excludes halogenated alkanes) is 1. The maximum atomic E-state index is 12.6. The van der Waals surface area contributed by atoms with Gasteiger partial charge in [0.2, 0.25) is 0 Å². The zero-order valence-electron chi connectivity index (χ0n) is 17.4.